The number of nitrogens with zero attached hydrogens (tertiary/aromatic N) is 2. The summed E-state index contributed by atoms with van der Waals surface area (Å²) in [4.78, 5) is 4.70. The monoisotopic (exact) mass is 378 g/mol. The molecular weight excluding hydrogens is 348 g/mol. The Labute approximate surface area is 162 Å². The molecule has 144 valence electrons. The molecule has 1 heterocycles. The Balaban J connectivity index is 1.14. The fourth-order valence-electron chi connectivity index (χ4n) is 5.15. The molecule has 0 radical (unpaired) electrons. The molecule has 2 aliphatic carbocycles. The Hall–Kier alpha value is -0.810. The number of benzene rings is 1. The second kappa shape index (κ2) is 8.47. The first kappa shape index (κ1) is 18.5. The molecule has 1 saturated heterocycles. The predicted octanol–water partition coefficient (Wildman–Crippen LogP) is 3.28. The maximum absolute atomic E-state index is 10.3. The number of aliphatic hydroxyl groups excluding tert-OH is 1. The topological polar surface area (TPSA) is 35.9 Å². The molecule has 1 N–H and O–H groups in total. The molecule has 2 saturated carbocycles. The molecule has 1 aliphatic heterocycles. The fourth-order valence-corrected chi connectivity index (χ4v) is 5.33. The van der Waals surface area contributed by atoms with Gasteiger partial charge >= 0.3 is 0 Å². The fraction of sp³-hybridized carbons (Fsp3) is 0.714. The van der Waals surface area contributed by atoms with Crippen molar-refractivity contribution in [1.82, 2.24) is 4.90 Å². The summed E-state index contributed by atoms with van der Waals surface area (Å²) in [5, 5.41) is 11.1. The number of hydrogen-bond acceptors (Lipinski definition) is 4. The molecule has 26 heavy (non-hydrogen) atoms. The average molecular weight is 379 g/mol. The third-order valence-corrected chi connectivity index (χ3v) is 6.78. The maximum Gasteiger partial charge on any atom is 0.0900 e. The van der Waals surface area contributed by atoms with Crippen molar-refractivity contribution in [1.29, 1.82) is 0 Å². The van der Waals surface area contributed by atoms with Gasteiger partial charge in [-0.25, -0.2) is 0 Å². The predicted molar refractivity (Wildman–Crippen MR) is 106 cm³/mol. The molecule has 0 unspecified atom stereocenters. The largest absolute Gasteiger partial charge is 0.389 e. The van der Waals surface area contributed by atoms with Gasteiger partial charge in [-0.2, -0.15) is 0 Å². The van der Waals surface area contributed by atoms with E-state index in [4.69, 9.17) is 16.3 Å². The number of ether oxygens (including phenoxy) is 1. The van der Waals surface area contributed by atoms with Gasteiger partial charge in [0.15, 0.2) is 0 Å². The van der Waals surface area contributed by atoms with Crippen LogP contribution in [0.4, 0.5) is 5.69 Å². The van der Waals surface area contributed by atoms with E-state index in [-0.39, 0.29) is 6.10 Å². The molecule has 1 aromatic carbocycles. The van der Waals surface area contributed by atoms with Gasteiger partial charge in [-0.15, -0.1) is 0 Å². The highest BCUT2D eigenvalue weighted by molar-refractivity contribution is 6.30. The summed E-state index contributed by atoms with van der Waals surface area (Å²) < 4.78 is 5.88. The first-order valence-corrected chi connectivity index (χ1v) is 10.5. The molecule has 0 amide bonds. The average Bonchev–Trinajstić information content (AvgIpc) is 3.25. The number of anilines is 1. The van der Waals surface area contributed by atoms with E-state index in [2.05, 4.69) is 15.9 Å². The number of piperazine rings is 1. The molecule has 0 aromatic heterocycles. The van der Waals surface area contributed by atoms with Gasteiger partial charge in [0.2, 0.25) is 0 Å². The number of aliphatic hydroxyl groups is 1. The van der Waals surface area contributed by atoms with Crippen molar-refractivity contribution < 1.29 is 9.84 Å². The minimum absolute atomic E-state index is 0.383. The number of fused-ring (bicyclic) bond motifs is 2. The Morgan fingerprint density at radius 1 is 1.15 bits per heavy atom. The highest BCUT2D eigenvalue weighted by Gasteiger charge is 2.39. The van der Waals surface area contributed by atoms with Crippen molar-refractivity contribution in [2.75, 3.05) is 50.8 Å². The lowest BCUT2D eigenvalue weighted by molar-refractivity contribution is -0.00274. The summed E-state index contributed by atoms with van der Waals surface area (Å²) in [7, 11) is 0. The van der Waals surface area contributed by atoms with Gasteiger partial charge in [0.05, 0.1) is 12.7 Å². The molecule has 1 aromatic rings. The lowest BCUT2D eigenvalue weighted by atomic mass is 9.90. The SMILES string of the molecule is O[C@@H](COC[C@@H]1C[C@@H]2CC[C@@H]1C2)CN1CCN(c2cccc(Cl)c2)CC1. The molecule has 3 fully saturated rings. The summed E-state index contributed by atoms with van der Waals surface area (Å²) >= 11 is 6.09. The van der Waals surface area contributed by atoms with Crippen LogP contribution in [0.1, 0.15) is 25.7 Å². The van der Waals surface area contributed by atoms with Gasteiger partial charge in [0.25, 0.3) is 0 Å². The number of β-amino-alcohol motifs (C(OH)–C–C–N with tert-alkyl or cyclic N) is 1. The number of halogens is 1. The van der Waals surface area contributed by atoms with E-state index in [1.165, 1.54) is 31.4 Å². The molecular formula is C21H31ClN2O2. The van der Waals surface area contributed by atoms with Crippen LogP contribution in [0.2, 0.25) is 5.02 Å². The Morgan fingerprint density at radius 3 is 2.69 bits per heavy atom. The minimum atomic E-state index is -0.383. The van der Waals surface area contributed by atoms with Crippen LogP contribution >= 0.6 is 11.6 Å². The van der Waals surface area contributed by atoms with Crippen LogP contribution in [0.5, 0.6) is 0 Å². The molecule has 0 spiro atoms. The van der Waals surface area contributed by atoms with E-state index < -0.39 is 0 Å². The maximum atomic E-state index is 10.3. The molecule has 4 nitrogen and oxygen atoms in total. The van der Waals surface area contributed by atoms with Crippen LogP contribution in [0.15, 0.2) is 24.3 Å². The number of rotatable bonds is 7. The minimum Gasteiger partial charge on any atom is -0.389 e. The van der Waals surface area contributed by atoms with Gasteiger partial charge in [-0.3, -0.25) is 4.90 Å². The van der Waals surface area contributed by atoms with Crippen molar-refractivity contribution >= 4 is 17.3 Å². The third-order valence-electron chi connectivity index (χ3n) is 6.54. The summed E-state index contributed by atoms with van der Waals surface area (Å²) in [5.41, 5.74) is 1.19. The van der Waals surface area contributed by atoms with Gasteiger partial charge < -0.3 is 14.7 Å². The zero-order chi connectivity index (χ0) is 17.9. The van der Waals surface area contributed by atoms with Gasteiger partial charge in [-0.1, -0.05) is 24.1 Å². The first-order valence-electron chi connectivity index (χ1n) is 10.2. The highest BCUT2D eigenvalue weighted by Crippen LogP contribution is 2.48. The van der Waals surface area contributed by atoms with E-state index in [1.54, 1.807) is 0 Å². The normalized spacial score (nSPS) is 30.1. The van der Waals surface area contributed by atoms with Crippen LogP contribution < -0.4 is 4.90 Å². The quantitative estimate of drug-likeness (QED) is 0.789. The summed E-state index contributed by atoms with van der Waals surface area (Å²) in [6.07, 6.45) is 5.23. The van der Waals surface area contributed by atoms with E-state index in [1.807, 2.05) is 18.2 Å². The van der Waals surface area contributed by atoms with E-state index in [0.717, 1.165) is 55.6 Å². The zero-order valence-corrected chi connectivity index (χ0v) is 16.3. The van der Waals surface area contributed by atoms with Crippen LogP contribution in [0.25, 0.3) is 0 Å². The van der Waals surface area contributed by atoms with Gasteiger partial charge in [-0.05, 0) is 55.2 Å². The van der Waals surface area contributed by atoms with Crippen LogP contribution in [-0.2, 0) is 4.74 Å². The molecule has 3 aliphatic rings. The van der Waals surface area contributed by atoms with E-state index >= 15 is 0 Å². The van der Waals surface area contributed by atoms with Gasteiger partial charge in [0.1, 0.15) is 0 Å². The van der Waals surface area contributed by atoms with E-state index in [9.17, 15) is 5.11 Å². The first-order chi connectivity index (χ1) is 12.7. The van der Waals surface area contributed by atoms with Crippen LogP contribution in [0.3, 0.4) is 0 Å². The van der Waals surface area contributed by atoms with Crippen molar-refractivity contribution in [3.05, 3.63) is 29.3 Å². The lowest BCUT2D eigenvalue weighted by Crippen LogP contribution is -2.49. The third kappa shape index (κ3) is 4.53. The molecule has 4 rings (SSSR count). The summed E-state index contributed by atoms with van der Waals surface area (Å²) in [6.45, 7) is 5.91. The highest BCUT2D eigenvalue weighted by atomic mass is 35.5. The smallest absolute Gasteiger partial charge is 0.0900 e. The second-order valence-corrected chi connectivity index (χ2v) is 8.83. The van der Waals surface area contributed by atoms with Crippen molar-refractivity contribution in [3.63, 3.8) is 0 Å². The Morgan fingerprint density at radius 2 is 2.00 bits per heavy atom. The molecule has 4 atom stereocenters. The summed E-state index contributed by atoms with van der Waals surface area (Å²) in [5.74, 6) is 2.62. The Kier molecular flexibility index (Phi) is 6.04. The van der Waals surface area contributed by atoms with Crippen LogP contribution in [-0.4, -0.2) is 62.0 Å². The van der Waals surface area contributed by atoms with E-state index in [0.29, 0.717) is 13.2 Å². The second-order valence-electron chi connectivity index (χ2n) is 8.39. The van der Waals surface area contributed by atoms with Crippen molar-refractivity contribution in [2.45, 2.75) is 31.8 Å². The molecule has 5 heteroatoms. The Bertz CT molecular complexity index is 591. The lowest BCUT2D eigenvalue weighted by Gasteiger charge is -2.37. The standard InChI is InChI=1S/C21H31ClN2O2/c22-19-2-1-3-20(12-19)24-8-6-23(7-9-24)13-21(25)15-26-14-18-11-16-4-5-17(18)10-16/h1-3,12,16-18,21,25H,4-11,13-15H2/t16-,17-,18+,21-/m1/s1. The molecule has 2 bridgehead atoms. The van der Waals surface area contributed by atoms with Crippen molar-refractivity contribution in [2.24, 2.45) is 17.8 Å². The zero-order valence-electron chi connectivity index (χ0n) is 15.5. The van der Waals surface area contributed by atoms with Crippen LogP contribution in [0, 0.1) is 17.8 Å². The van der Waals surface area contributed by atoms with Gasteiger partial charge in [0, 0.05) is 50.0 Å². The summed E-state index contributed by atoms with van der Waals surface area (Å²) in [6, 6.07) is 8.05. The number of hydrogen-bond donors (Lipinski definition) is 1. The van der Waals surface area contributed by atoms with Crippen molar-refractivity contribution in [3.8, 4) is 0 Å².